The van der Waals surface area contributed by atoms with Gasteiger partial charge < -0.3 is 49.9 Å². The maximum Gasteiger partial charge on any atom is 0.247 e. The van der Waals surface area contributed by atoms with Crippen molar-refractivity contribution in [2.24, 2.45) is 0 Å². The maximum atomic E-state index is 12.2. The fraction of sp³-hybridized carbons (Fsp3) is 0.233. The van der Waals surface area contributed by atoms with Crippen LogP contribution in [0.2, 0.25) is 0 Å². The molecule has 9 rings (SSSR count). The lowest BCUT2D eigenvalue weighted by atomic mass is 10.1. The second-order valence-electron chi connectivity index (χ2n) is 18.1. The summed E-state index contributed by atoms with van der Waals surface area (Å²) in [4.78, 5) is 46.6. The van der Waals surface area contributed by atoms with Crippen LogP contribution in [0.3, 0.4) is 0 Å². The van der Waals surface area contributed by atoms with Crippen molar-refractivity contribution in [3.05, 3.63) is 177 Å². The van der Waals surface area contributed by atoms with E-state index in [1.807, 2.05) is 148 Å². The number of ether oxygens (including phenoxy) is 5. The van der Waals surface area contributed by atoms with E-state index >= 15 is 0 Å². The third-order valence-corrected chi connectivity index (χ3v) is 12.1. The van der Waals surface area contributed by atoms with Crippen LogP contribution in [-0.2, 0) is 20.9 Å². The van der Waals surface area contributed by atoms with Crippen molar-refractivity contribution in [1.82, 2.24) is 29.7 Å². The van der Waals surface area contributed by atoms with E-state index in [0.29, 0.717) is 65.4 Å². The Kier molecular flexibility index (Phi) is 19.9. The highest BCUT2D eigenvalue weighted by Crippen LogP contribution is 2.36. The minimum atomic E-state index is -0.324. The lowest BCUT2D eigenvalue weighted by Gasteiger charge is -2.26. The van der Waals surface area contributed by atoms with E-state index in [1.165, 1.54) is 24.8 Å². The largest absolute Gasteiger partial charge is 0.491 e. The molecule has 2 amide bonds. The molecular formula is C60H64N10O7. The Hall–Kier alpha value is -8.90. The quantitative estimate of drug-likeness (QED) is 0.0330. The van der Waals surface area contributed by atoms with Gasteiger partial charge in [0.15, 0.2) is 0 Å². The van der Waals surface area contributed by atoms with Gasteiger partial charge in [-0.15, -0.1) is 0 Å². The summed E-state index contributed by atoms with van der Waals surface area (Å²) >= 11 is 0. The summed E-state index contributed by atoms with van der Waals surface area (Å²) in [6.07, 6.45) is 8.23. The first kappa shape index (κ1) is 54.4. The second-order valence-corrected chi connectivity index (χ2v) is 18.1. The number of carbonyl (C=O) groups is 2. The van der Waals surface area contributed by atoms with Gasteiger partial charge in [0.1, 0.15) is 59.6 Å². The molecule has 0 radical (unpaired) electrons. The smallest absolute Gasteiger partial charge is 0.247 e. The molecule has 1 saturated heterocycles. The number of rotatable bonds is 24. The Balaban J connectivity index is 0.000000204. The molecule has 17 nitrogen and oxygen atoms in total. The molecule has 6 aromatic carbocycles. The molecule has 0 unspecified atom stereocenters. The number of anilines is 6. The molecule has 1 aliphatic heterocycles. The van der Waals surface area contributed by atoms with Crippen molar-refractivity contribution < 1.29 is 33.3 Å². The first-order valence-corrected chi connectivity index (χ1v) is 25.5. The fourth-order valence-electron chi connectivity index (χ4n) is 8.06. The van der Waals surface area contributed by atoms with Crippen molar-refractivity contribution in [2.45, 2.75) is 25.9 Å². The number of para-hydroxylation sites is 1. The number of fused-ring (bicyclic) bond motifs is 2. The first-order valence-electron chi connectivity index (χ1n) is 25.5. The molecule has 0 spiro atoms. The molecule has 0 aliphatic carbocycles. The van der Waals surface area contributed by atoms with E-state index in [1.54, 1.807) is 0 Å². The van der Waals surface area contributed by atoms with Gasteiger partial charge in [0.2, 0.25) is 11.8 Å². The number of carbonyl (C=O) groups excluding carboxylic acids is 2. The second kappa shape index (κ2) is 28.1. The van der Waals surface area contributed by atoms with Crippen molar-refractivity contribution in [1.29, 1.82) is 0 Å². The number of hydrogen-bond donors (Lipinski definition) is 4. The lowest BCUT2D eigenvalue weighted by molar-refractivity contribution is -0.112. The number of morpholine rings is 1. The number of amides is 2. The SMILES string of the molecule is C=CC(=O)Nc1cc2c(Nc3ccc(OCc4ccccc4)cc3)ncnc2cc1OCCCN1CCOCC1.C=CC(=O)Nc1cc2c(Nc3ccc(Oc4ccccc4)cc3)ncnc2cc1OCCCCN(C)C. The Morgan fingerprint density at radius 2 is 1.12 bits per heavy atom. The van der Waals surface area contributed by atoms with Crippen LogP contribution in [0.15, 0.2) is 171 Å². The minimum absolute atomic E-state index is 0.322. The van der Waals surface area contributed by atoms with Crippen molar-refractivity contribution in [2.75, 3.05) is 88.0 Å². The van der Waals surface area contributed by atoms with Gasteiger partial charge in [-0.3, -0.25) is 14.5 Å². The van der Waals surface area contributed by atoms with Crippen LogP contribution in [0, 0.1) is 0 Å². The fourth-order valence-corrected chi connectivity index (χ4v) is 8.06. The third kappa shape index (κ3) is 16.5. The van der Waals surface area contributed by atoms with Crippen molar-refractivity contribution >= 4 is 68.0 Å². The molecule has 4 N–H and O–H groups in total. The summed E-state index contributed by atoms with van der Waals surface area (Å²) in [5, 5.41) is 13.9. The molecule has 17 heteroatoms. The predicted molar refractivity (Wildman–Crippen MR) is 304 cm³/mol. The number of benzene rings is 6. The maximum absolute atomic E-state index is 12.2. The van der Waals surface area contributed by atoms with Crippen molar-refractivity contribution in [3.63, 3.8) is 0 Å². The summed E-state index contributed by atoms with van der Waals surface area (Å²) in [7, 11) is 4.09. The van der Waals surface area contributed by atoms with E-state index in [-0.39, 0.29) is 11.8 Å². The molecule has 396 valence electrons. The molecule has 0 bridgehead atoms. The standard InChI is InChI=1S/C31H33N5O4.C29H31N5O3/c1-2-30(37)35-28-19-26-27(20-29(28)39-16-6-13-36-14-17-38-18-15-36)32-22-33-31(26)34-24-9-11-25(12-10-24)40-21-23-7-4-3-5-8-23;1-4-28(35)33-26-18-24-25(19-27(26)36-17-9-8-16-34(2)3)30-20-31-29(24)32-21-12-14-23(15-13-21)37-22-10-6-5-7-11-22/h2-5,7-12,19-20,22H,1,6,13-18,21H2,(H,35,37)(H,32,33,34);4-7,10-15,18-20H,1,8-9,16-17H2,2-3H3,(H,33,35)(H,30,31,32). The summed E-state index contributed by atoms with van der Waals surface area (Å²) < 4.78 is 29.3. The monoisotopic (exact) mass is 1040 g/mol. The van der Waals surface area contributed by atoms with Crippen LogP contribution >= 0.6 is 0 Å². The highest BCUT2D eigenvalue weighted by molar-refractivity contribution is 6.04. The number of aromatic nitrogens is 4. The Labute approximate surface area is 448 Å². The summed E-state index contributed by atoms with van der Waals surface area (Å²) in [5.41, 5.74) is 5.24. The van der Waals surface area contributed by atoms with Gasteiger partial charge in [-0.05, 0) is 130 Å². The zero-order valence-corrected chi connectivity index (χ0v) is 43.5. The highest BCUT2D eigenvalue weighted by Gasteiger charge is 2.16. The van der Waals surface area contributed by atoms with Gasteiger partial charge in [0.25, 0.3) is 0 Å². The van der Waals surface area contributed by atoms with Crippen LogP contribution in [0.25, 0.3) is 21.8 Å². The van der Waals surface area contributed by atoms with Crippen LogP contribution < -0.4 is 40.2 Å². The molecule has 2 aromatic heterocycles. The van der Waals surface area contributed by atoms with E-state index in [2.05, 4.69) is 64.2 Å². The Bertz CT molecular complexity index is 3200. The zero-order chi connectivity index (χ0) is 53.6. The number of nitrogens with one attached hydrogen (secondary N) is 4. The van der Waals surface area contributed by atoms with Gasteiger partial charge in [-0.2, -0.15) is 0 Å². The summed E-state index contributed by atoms with van der Waals surface area (Å²) in [6, 6.07) is 42.2. The highest BCUT2D eigenvalue weighted by atomic mass is 16.5. The average molecular weight is 1040 g/mol. The predicted octanol–water partition coefficient (Wildman–Crippen LogP) is 11.2. The average Bonchev–Trinajstić information content (AvgIpc) is 3.47. The molecule has 77 heavy (non-hydrogen) atoms. The Morgan fingerprint density at radius 1 is 0.610 bits per heavy atom. The molecule has 1 aliphatic rings. The van der Waals surface area contributed by atoms with Crippen LogP contribution in [0.1, 0.15) is 24.8 Å². The van der Waals surface area contributed by atoms with E-state index in [4.69, 9.17) is 23.7 Å². The van der Waals surface area contributed by atoms with E-state index in [0.717, 1.165) is 104 Å². The normalized spacial score (nSPS) is 12.2. The van der Waals surface area contributed by atoms with Gasteiger partial charge in [0.05, 0.1) is 48.8 Å². The van der Waals surface area contributed by atoms with Gasteiger partial charge >= 0.3 is 0 Å². The van der Waals surface area contributed by atoms with E-state index < -0.39 is 0 Å². The van der Waals surface area contributed by atoms with Crippen molar-refractivity contribution in [3.8, 4) is 28.7 Å². The summed E-state index contributed by atoms with van der Waals surface area (Å²) in [6.45, 7) is 14.0. The van der Waals surface area contributed by atoms with Crippen LogP contribution in [0.5, 0.6) is 28.7 Å². The number of unbranched alkanes of at least 4 members (excludes halogenated alkanes) is 1. The minimum Gasteiger partial charge on any atom is -0.491 e. The van der Waals surface area contributed by atoms with Gasteiger partial charge in [-0.25, -0.2) is 19.9 Å². The third-order valence-electron chi connectivity index (χ3n) is 12.1. The van der Waals surface area contributed by atoms with Crippen LogP contribution in [0.4, 0.5) is 34.4 Å². The molecule has 1 fully saturated rings. The molecule has 0 saturated carbocycles. The van der Waals surface area contributed by atoms with Gasteiger partial charge in [0, 0.05) is 53.9 Å². The van der Waals surface area contributed by atoms with Gasteiger partial charge in [-0.1, -0.05) is 61.7 Å². The van der Waals surface area contributed by atoms with Crippen LogP contribution in [-0.4, -0.2) is 108 Å². The molecular weight excluding hydrogens is 973 g/mol. The zero-order valence-electron chi connectivity index (χ0n) is 43.5. The Morgan fingerprint density at radius 3 is 1.65 bits per heavy atom. The number of hydrogen-bond acceptors (Lipinski definition) is 15. The van der Waals surface area contributed by atoms with E-state index in [9.17, 15) is 9.59 Å². The molecule has 3 heterocycles. The molecule has 8 aromatic rings. The lowest BCUT2D eigenvalue weighted by Crippen LogP contribution is -2.37. The topological polar surface area (TPSA) is 186 Å². The summed E-state index contributed by atoms with van der Waals surface area (Å²) in [5.74, 6) is 3.94. The first-order chi connectivity index (χ1) is 37.7. The number of nitrogens with zero attached hydrogens (tertiary/aromatic N) is 6. The molecule has 0 atom stereocenters.